The molecule has 61 heavy (non-hydrogen) atoms. The summed E-state index contributed by atoms with van der Waals surface area (Å²) in [6, 6.07) is 14.7. The highest BCUT2D eigenvalue weighted by atomic mass is 16.2. The zero-order valence-electron chi connectivity index (χ0n) is 35.7. The van der Waals surface area contributed by atoms with E-state index in [0.29, 0.717) is 50.0 Å². The van der Waals surface area contributed by atoms with E-state index < -0.39 is 0 Å². The molecule has 2 atom stereocenters. The van der Waals surface area contributed by atoms with Crippen molar-refractivity contribution < 1.29 is 24.0 Å². The molecule has 4 saturated heterocycles. The van der Waals surface area contributed by atoms with E-state index >= 15 is 0 Å². The first kappa shape index (κ1) is 43.6. The zero-order chi connectivity index (χ0) is 42.9. The predicted molar refractivity (Wildman–Crippen MR) is 237 cm³/mol. The second-order valence-electron chi connectivity index (χ2n) is 17.3. The van der Waals surface area contributed by atoms with Gasteiger partial charge in [-0.2, -0.15) is 5.10 Å². The molecule has 16 heteroatoms. The number of rotatable bonds is 16. The summed E-state index contributed by atoms with van der Waals surface area (Å²) in [5, 5.41) is 13.0. The second-order valence-corrected chi connectivity index (χ2v) is 17.3. The molecule has 2 N–H and O–H groups in total. The average Bonchev–Trinajstić information content (AvgIpc) is 3.80. The fourth-order valence-electron chi connectivity index (χ4n) is 9.66. The molecule has 0 spiro atoms. The van der Waals surface area contributed by atoms with Crippen molar-refractivity contribution in [2.75, 3.05) is 82.8 Å². The van der Waals surface area contributed by atoms with Crippen molar-refractivity contribution in [2.45, 2.75) is 82.8 Å². The van der Waals surface area contributed by atoms with Crippen molar-refractivity contribution in [2.24, 2.45) is 21.1 Å². The van der Waals surface area contributed by atoms with Crippen LogP contribution in [0.4, 0.5) is 16.2 Å². The molecule has 5 amide bonds. The number of benzene rings is 2. The number of hydrogen-bond acceptors (Lipinski definition) is 11. The van der Waals surface area contributed by atoms with Crippen LogP contribution >= 0.6 is 0 Å². The molecule has 0 aromatic heterocycles. The van der Waals surface area contributed by atoms with E-state index in [9.17, 15) is 24.0 Å². The van der Waals surface area contributed by atoms with Gasteiger partial charge >= 0.3 is 6.03 Å². The summed E-state index contributed by atoms with van der Waals surface area (Å²) in [5.74, 6) is 1.15. The molecule has 2 aromatic carbocycles. The third-order valence-corrected chi connectivity index (χ3v) is 13.3. The van der Waals surface area contributed by atoms with Gasteiger partial charge in [0.05, 0.1) is 6.67 Å². The number of likely N-dealkylation sites (tertiary alicyclic amines) is 2. The number of nitrogens with one attached hydrogen (secondary N) is 2. The molecule has 0 saturated carbocycles. The van der Waals surface area contributed by atoms with Crippen LogP contribution in [0.25, 0.3) is 0 Å². The van der Waals surface area contributed by atoms with Crippen LogP contribution in [-0.4, -0.2) is 158 Å². The van der Waals surface area contributed by atoms with Crippen LogP contribution in [0, 0.1) is 5.92 Å². The van der Waals surface area contributed by atoms with Crippen molar-refractivity contribution in [3.63, 3.8) is 0 Å². The predicted octanol–water partition coefficient (Wildman–Crippen LogP) is 4.03. The number of carbonyl (C=O) groups excluding carboxylic acids is 5. The number of imide groups is 1. The third kappa shape index (κ3) is 10.7. The number of hydrogen-bond donors (Lipinski definition) is 2. The maximum Gasteiger partial charge on any atom is 0.320 e. The van der Waals surface area contributed by atoms with Gasteiger partial charge in [-0.1, -0.05) is 12.1 Å². The van der Waals surface area contributed by atoms with Gasteiger partial charge in [0.25, 0.3) is 5.91 Å². The van der Waals surface area contributed by atoms with Crippen LogP contribution in [0.1, 0.15) is 85.7 Å². The van der Waals surface area contributed by atoms with Crippen molar-refractivity contribution in [1.82, 2.24) is 29.8 Å². The summed E-state index contributed by atoms with van der Waals surface area (Å²) in [7, 11) is 1.84. The Kier molecular flexibility index (Phi) is 14.6. The number of aliphatic imine (C=N–C) groups is 1. The van der Waals surface area contributed by atoms with Gasteiger partial charge in [0, 0.05) is 102 Å². The second kappa shape index (κ2) is 20.4. The van der Waals surface area contributed by atoms with Crippen LogP contribution < -0.4 is 15.5 Å². The van der Waals surface area contributed by atoms with Gasteiger partial charge in [-0.25, -0.2) is 4.79 Å². The number of nitrogens with zero attached hydrogens (tertiary/aromatic N) is 9. The maximum absolute atomic E-state index is 13.2. The summed E-state index contributed by atoms with van der Waals surface area (Å²) >= 11 is 0. The Morgan fingerprint density at radius 3 is 2.39 bits per heavy atom. The number of anilines is 2. The number of carbonyl (C=O) groups is 5. The molecule has 0 radical (unpaired) electrons. The fourth-order valence-corrected chi connectivity index (χ4v) is 9.66. The van der Waals surface area contributed by atoms with E-state index in [-0.39, 0.29) is 42.1 Å². The Morgan fingerprint density at radius 2 is 1.70 bits per heavy atom. The molecule has 0 aliphatic carbocycles. The number of urea groups is 1. The highest BCUT2D eigenvalue weighted by Crippen LogP contribution is 2.33. The Hall–Kier alpha value is -5.48. The minimum absolute atomic E-state index is 0.00303. The van der Waals surface area contributed by atoms with Gasteiger partial charge in [-0.05, 0) is 118 Å². The lowest BCUT2D eigenvalue weighted by Gasteiger charge is -2.38. The van der Waals surface area contributed by atoms with Gasteiger partial charge in [-0.3, -0.25) is 34.4 Å². The molecule has 5 aliphatic heterocycles. The molecule has 4 fully saturated rings. The number of piperidine rings is 3. The smallest absolute Gasteiger partial charge is 0.320 e. The minimum Gasteiger partial charge on any atom is -0.372 e. The number of amides is 5. The lowest BCUT2D eigenvalue weighted by molar-refractivity contribution is -0.125. The van der Waals surface area contributed by atoms with Gasteiger partial charge in [0.15, 0.2) is 17.8 Å². The van der Waals surface area contributed by atoms with Gasteiger partial charge in [-0.15, -0.1) is 5.10 Å². The lowest BCUT2D eigenvalue weighted by atomic mass is 9.88. The molecule has 7 rings (SSSR count). The number of likely N-dealkylation sites (N-methyl/N-ethyl adjacent to an activating group) is 1. The van der Waals surface area contributed by atoms with E-state index in [2.05, 4.69) is 66.5 Å². The van der Waals surface area contributed by atoms with Crippen LogP contribution in [0.5, 0.6) is 0 Å². The van der Waals surface area contributed by atoms with Gasteiger partial charge in [0.1, 0.15) is 0 Å². The number of fused-ring (bicyclic) bond motifs is 1. The third-order valence-electron chi connectivity index (χ3n) is 13.3. The van der Waals surface area contributed by atoms with E-state index in [1.54, 1.807) is 4.90 Å². The molecular formula is C45H61N11O5. The van der Waals surface area contributed by atoms with E-state index in [1.165, 1.54) is 5.56 Å². The molecule has 16 nitrogen and oxygen atoms in total. The standard InChI is InChI=1S/C45H61N11O5/c1-32(6-13-42(59)48-31-58)56-27-36-25-38(11-12-40(36)44(56)60)54-21-14-33(15-22-54)26-52-19-16-35(17-20-52)34-7-9-37(10-8-34)49-43(41(29-57)50-46-2)47-30-53-18-4-5-39(28-53)55-24-23-51(3)45(55)61/h7-12,25,29,31-33,35,39H,2,4-6,13-24,26-28,30H2,1,3H3,(H,47,49)(H,48,58,59)/b50-41-. The van der Waals surface area contributed by atoms with Gasteiger partial charge in [0.2, 0.25) is 12.3 Å². The van der Waals surface area contributed by atoms with Crippen molar-refractivity contribution >= 4 is 60.2 Å². The molecule has 326 valence electrons. The van der Waals surface area contributed by atoms with Crippen molar-refractivity contribution in [3.8, 4) is 0 Å². The summed E-state index contributed by atoms with van der Waals surface area (Å²) in [6.07, 6.45) is 8.17. The zero-order valence-corrected chi connectivity index (χ0v) is 35.7. The monoisotopic (exact) mass is 835 g/mol. The molecule has 2 aromatic rings. The Balaban J connectivity index is 0.857. The van der Waals surface area contributed by atoms with E-state index in [1.807, 2.05) is 42.0 Å². The Labute approximate surface area is 359 Å². The first-order valence-corrected chi connectivity index (χ1v) is 21.9. The molecule has 2 unspecified atom stereocenters. The normalized spacial score (nSPS) is 21.8. The van der Waals surface area contributed by atoms with Crippen molar-refractivity contribution in [3.05, 3.63) is 59.2 Å². The molecule has 5 aliphatic rings. The van der Waals surface area contributed by atoms with Crippen LogP contribution in [-0.2, 0) is 20.9 Å². The van der Waals surface area contributed by atoms with Crippen LogP contribution in [0.3, 0.4) is 0 Å². The summed E-state index contributed by atoms with van der Waals surface area (Å²) in [5.41, 5.74) is 5.14. The molecule has 5 heterocycles. The summed E-state index contributed by atoms with van der Waals surface area (Å²) in [6.45, 7) is 14.6. The largest absolute Gasteiger partial charge is 0.372 e. The number of amidine groups is 1. The van der Waals surface area contributed by atoms with Crippen molar-refractivity contribution in [1.29, 1.82) is 0 Å². The molecule has 0 bridgehead atoms. The quantitative estimate of drug-likeness (QED) is 0.110. The van der Waals surface area contributed by atoms with E-state index in [0.717, 1.165) is 120 Å². The van der Waals surface area contributed by atoms with Crippen LogP contribution in [0.15, 0.2) is 57.7 Å². The van der Waals surface area contributed by atoms with E-state index in [4.69, 9.17) is 4.99 Å². The Bertz CT molecular complexity index is 1970. The van der Waals surface area contributed by atoms with Crippen LogP contribution in [0.2, 0.25) is 0 Å². The summed E-state index contributed by atoms with van der Waals surface area (Å²) < 4.78 is 0. The average molecular weight is 836 g/mol. The SMILES string of the molecule is C=N/N=C(C=O)\C(=N/CN1CCCC(N2CCN(C)C2=O)C1)Nc1ccc(C2CCN(CC3CCN(c4ccc5c(c4)CN(C(C)CCC(=O)NC=O)C5=O)CC3)CC2)cc1. The minimum atomic E-state index is -0.328. The number of aldehydes is 1. The topological polar surface area (TPSA) is 166 Å². The van der Waals surface area contributed by atoms with Gasteiger partial charge < -0.3 is 29.8 Å². The highest BCUT2D eigenvalue weighted by molar-refractivity contribution is 6.63. The summed E-state index contributed by atoms with van der Waals surface area (Å²) in [4.78, 5) is 77.8. The fraction of sp³-hybridized carbons (Fsp3) is 0.556. The first-order valence-electron chi connectivity index (χ1n) is 21.9. The highest BCUT2D eigenvalue weighted by Gasteiger charge is 2.35. The Morgan fingerprint density at radius 1 is 0.934 bits per heavy atom. The first-order chi connectivity index (χ1) is 29.6. The lowest BCUT2D eigenvalue weighted by Crippen LogP contribution is -2.49. The molecular weight excluding hydrogens is 775 g/mol. The maximum atomic E-state index is 13.2.